The molecule has 1 aromatic carbocycles. The minimum atomic E-state index is -4.49. The maximum Gasteiger partial charge on any atom is 0.416 e. The van der Waals surface area contributed by atoms with Crippen LogP contribution in [0.25, 0.3) is 0 Å². The van der Waals surface area contributed by atoms with E-state index in [1.165, 1.54) is 6.07 Å². The number of rotatable bonds is 5. The summed E-state index contributed by atoms with van der Waals surface area (Å²) in [6, 6.07) is 3.26. The molecule has 0 unspecified atom stereocenters. The van der Waals surface area contributed by atoms with Crippen LogP contribution in [0.4, 0.5) is 24.5 Å². The Labute approximate surface area is 148 Å². The van der Waals surface area contributed by atoms with Crippen LogP contribution in [0.5, 0.6) is 0 Å². The van der Waals surface area contributed by atoms with Crippen molar-refractivity contribution in [3.8, 4) is 0 Å². The summed E-state index contributed by atoms with van der Waals surface area (Å²) in [6.45, 7) is 3.81. The molecule has 0 spiro atoms. The Kier molecular flexibility index (Phi) is 5.17. The first kappa shape index (κ1) is 18.2. The summed E-state index contributed by atoms with van der Waals surface area (Å²) in [5, 5.41) is 15.6. The van der Waals surface area contributed by atoms with Crippen molar-refractivity contribution in [2.45, 2.75) is 32.5 Å². The van der Waals surface area contributed by atoms with Gasteiger partial charge in [0.15, 0.2) is 5.69 Å². The molecule has 0 radical (unpaired) electrons. The van der Waals surface area contributed by atoms with Gasteiger partial charge in [-0.15, -0.1) is 0 Å². The first-order valence-electron chi connectivity index (χ1n) is 8.43. The zero-order chi connectivity index (χ0) is 18.7. The van der Waals surface area contributed by atoms with Crippen molar-refractivity contribution in [1.29, 1.82) is 0 Å². The normalized spacial score (nSPS) is 14.0. The second-order valence-corrected chi connectivity index (χ2v) is 6.10. The lowest BCUT2D eigenvalue weighted by Gasteiger charge is -2.16. The number of nitrogens with zero attached hydrogens (tertiary/aromatic N) is 1. The van der Waals surface area contributed by atoms with Crippen molar-refractivity contribution in [2.24, 2.45) is 0 Å². The van der Waals surface area contributed by atoms with Crippen molar-refractivity contribution >= 4 is 17.3 Å². The Bertz CT molecular complexity index is 800. The zero-order valence-electron chi connectivity index (χ0n) is 14.3. The largest absolute Gasteiger partial charge is 0.416 e. The van der Waals surface area contributed by atoms with E-state index < -0.39 is 17.6 Å². The van der Waals surface area contributed by atoms with Gasteiger partial charge < -0.3 is 16.0 Å². The van der Waals surface area contributed by atoms with Crippen molar-refractivity contribution in [3.05, 3.63) is 40.7 Å². The Morgan fingerprint density at radius 3 is 2.85 bits per heavy atom. The van der Waals surface area contributed by atoms with E-state index in [1.807, 2.05) is 6.92 Å². The number of hydrogen-bond donors (Lipinski definition) is 4. The molecule has 1 aliphatic heterocycles. The van der Waals surface area contributed by atoms with E-state index in [9.17, 15) is 18.0 Å². The average Bonchev–Trinajstić information content (AvgIpc) is 3.04. The molecule has 2 heterocycles. The van der Waals surface area contributed by atoms with Crippen LogP contribution >= 0.6 is 0 Å². The number of nitrogens with one attached hydrogen (secondary N) is 4. The zero-order valence-corrected chi connectivity index (χ0v) is 14.3. The predicted octanol–water partition coefficient (Wildman–Crippen LogP) is 3.15. The molecule has 3 rings (SSSR count). The first-order chi connectivity index (χ1) is 12.4. The number of halogens is 3. The van der Waals surface area contributed by atoms with Crippen molar-refractivity contribution in [1.82, 2.24) is 15.5 Å². The summed E-state index contributed by atoms with van der Waals surface area (Å²) in [7, 11) is 0. The van der Waals surface area contributed by atoms with Gasteiger partial charge in [-0.3, -0.25) is 9.89 Å². The minimum absolute atomic E-state index is 0.0822. The molecule has 9 heteroatoms. The molecule has 26 heavy (non-hydrogen) atoms. The Morgan fingerprint density at radius 2 is 2.12 bits per heavy atom. The van der Waals surface area contributed by atoms with Gasteiger partial charge in [0.1, 0.15) is 0 Å². The van der Waals surface area contributed by atoms with Crippen LogP contribution in [0.15, 0.2) is 18.2 Å². The molecule has 6 nitrogen and oxygen atoms in total. The summed E-state index contributed by atoms with van der Waals surface area (Å²) < 4.78 is 39.1. The second kappa shape index (κ2) is 7.36. The van der Waals surface area contributed by atoms with E-state index in [0.29, 0.717) is 18.8 Å². The van der Waals surface area contributed by atoms with Gasteiger partial charge in [-0.1, -0.05) is 6.92 Å². The van der Waals surface area contributed by atoms with E-state index in [1.54, 1.807) is 0 Å². The molecule has 0 saturated carbocycles. The Hall–Kier alpha value is -2.55. The van der Waals surface area contributed by atoms with Crippen LogP contribution in [-0.4, -0.2) is 29.2 Å². The predicted molar refractivity (Wildman–Crippen MR) is 92.2 cm³/mol. The molecule has 0 atom stereocenters. The highest BCUT2D eigenvalue weighted by molar-refractivity contribution is 6.05. The Balaban J connectivity index is 1.89. The summed E-state index contributed by atoms with van der Waals surface area (Å²) >= 11 is 0. The molecule has 1 amide bonds. The van der Waals surface area contributed by atoms with E-state index in [-0.39, 0.29) is 11.4 Å². The number of H-pyrrole nitrogens is 1. The van der Waals surface area contributed by atoms with Crippen molar-refractivity contribution in [2.75, 3.05) is 23.7 Å². The molecule has 1 aromatic heterocycles. The quantitative estimate of drug-likeness (QED) is 0.654. The van der Waals surface area contributed by atoms with Crippen molar-refractivity contribution < 1.29 is 18.0 Å². The monoisotopic (exact) mass is 367 g/mol. The molecule has 0 fully saturated rings. The molecule has 140 valence electrons. The van der Waals surface area contributed by atoms with Gasteiger partial charge in [-0.2, -0.15) is 18.3 Å². The number of alkyl halides is 3. The highest BCUT2D eigenvalue weighted by atomic mass is 19.4. The Morgan fingerprint density at radius 1 is 1.31 bits per heavy atom. The van der Waals surface area contributed by atoms with Gasteiger partial charge in [0, 0.05) is 37.3 Å². The first-order valence-corrected chi connectivity index (χ1v) is 8.43. The van der Waals surface area contributed by atoms with Crippen LogP contribution in [-0.2, 0) is 19.1 Å². The van der Waals surface area contributed by atoms with E-state index in [0.717, 1.165) is 42.8 Å². The van der Waals surface area contributed by atoms with Crippen molar-refractivity contribution in [3.63, 3.8) is 0 Å². The fraction of sp³-hybridized carbons (Fsp3) is 0.412. The number of amides is 1. The van der Waals surface area contributed by atoms with Gasteiger partial charge in [0.25, 0.3) is 5.91 Å². The maximum absolute atomic E-state index is 13.0. The van der Waals surface area contributed by atoms with E-state index in [4.69, 9.17) is 0 Å². The molecular weight excluding hydrogens is 347 g/mol. The van der Waals surface area contributed by atoms with E-state index >= 15 is 0 Å². The van der Waals surface area contributed by atoms with Crippen LogP contribution < -0.4 is 16.0 Å². The number of carbonyl (C=O) groups excluding carboxylic acids is 1. The highest BCUT2D eigenvalue weighted by Crippen LogP contribution is 2.34. The van der Waals surface area contributed by atoms with Gasteiger partial charge in [-0.05, 0) is 24.6 Å². The molecule has 0 aliphatic carbocycles. The van der Waals surface area contributed by atoms with Crippen LogP contribution in [0.1, 0.15) is 40.7 Å². The summed E-state index contributed by atoms with van der Waals surface area (Å²) in [6.07, 6.45) is -2.96. The summed E-state index contributed by atoms with van der Waals surface area (Å²) in [5.41, 5.74) is 1.53. The standard InChI is InChI=1S/C17H20F3N5O/c1-2-6-22-13-4-3-10(17(18,19)20)8-14(13)23-16(26)15-11-9-21-7-5-12(11)24-25-15/h3-4,8,21-22H,2,5-7,9H2,1H3,(H,23,26)(H,24,25). The topological polar surface area (TPSA) is 81.8 Å². The molecule has 1 aliphatic rings. The van der Waals surface area contributed by atoms with Crippen LogP contribution in [0.3, 0.4) is 0 Å². The third kappa shape index (κ3) is 3.82. The molecule has 0 saturated heterocycles. The van der Waals surface area contributed by atoms with Gasteiger partial charge in [-0.25, -0.2) is 0 Å². The van der Waals surface area contributed by atoms with Crippen LogP contribution in [0.2, 0.25) is 0 Å². The molecule has 4 N–H and O–H groups in total. The second-order valence-electron chi connectivity index (χ2n) is 6.10. The SMILES string of the molecule is CCCNc1ccc(C(F)(F)F)cc1NC(=O)c1n[nH]c2c1CNCC2. The lowest BCUT2D eigenvalue weighted by atomic mass is 10.1. The fourth-order valence-electron chi connectivity index (χ4n) is 2.83. The number of aromatic amines is 1. The average molecular weight is 367 g/mol. The molecule has 0 bridgehead atoms. The van der Waals surface area contributed by atoms with Gasteiger partial charge >= 0.3 is 6.18 Å². The number of aromatic nitrogens is 2. The van der Waals surface area contributed by atoms with E-state index in [2.05, 4.69) is 26.1 Å². The smallest absolute Gasteiger partial charge is 0.383 e. The third-order valence-corrected chi connectivity index (χ3v) is 4.18. The lowest BCUT2D eigenvalue weighted by molar-refractivity contribution is -0.137. The highest BCUT2D eigenvalue weighted by Gasteiger charge is 2.31. The number of hydrogen-bond acceptors (Lipinski definition) is 4. The minimum Gasteiger partial charge on any atom is -0.383 e. The van der Waals surface area contributed by atoms with Gasteiger partial charge in [0.2, 0.25) is 0 Å². The summed E-state index contributed by atoms with van der Waals surface area (Å²) in [5.74, 6) is -0.537. The van der Waals surface area contributed by atoms with Crippen LogP contribution in [0, 0.1) is 0 Å². The molecule has 2 aromatic rings. The van der Waals surface area contributed by atoms with Gasteiger partial charge in [0.05, 0.1) is 16.9 Å². The fourth-order valence-corrected chi connectivity index (χ4v) is 2.83. The summed E-state index contributed by atoms with van der Waals surface area (Å²) in [4.78, 5) is 12.6. The molecular formula is C17H20F3N5O. The number of fused-ring (bicyclic) bond motifs is 1. The third-order valence-electron chi connectivity index (χ3n) is 4.18. The number of anilines is 2. The maximum atomic E-state index is 13.0. The number of carbonyl (C=O) groups is 1. The number of benzene rings is 1. The lowest BCUT2D eigenvalue weighted by Crippen LogP contribution is -2.25.